The summed E-state index contributed by atoms with van der Waals surface area (Å²) >= 11 is 10.6. The van der Waals surface area contributed by atoms with E-state index in [1.165, 1.54) is 27.9 Å². The van der Waals surface area contributed by atoms with Gasteiger partial charge in [0.05, 0.1) is 10.9 Å². The number of rotatable bonds is 3. The molecule has 0 N–H and O–H groups in total. The molecule has 2 aromatic carbocycles. The zero-order chi connectivity index (χ0) is 13.4. The Morgan fingerprint density at radius 3 is 2.21 bits per heavy atom. The Morgan fingerprint density at radius 2 is 1.53 bits per heavy atom. The number of benzene rings is 2. The molecule has 2 aromatic rings. The highest BCUT2D eigenvalue weighted by Crippen LogP contribution is 2.39. The van der Waals surface area contributed by atoms with Crippen LogP contribution in [-0.4, -0.2) is 10.9 Å². The maximum Gasteiger partial charge on any atom is 0.0744 e. The molecule has 0 heterocycles. The first kappa shape index (κ1) is 13.7. The molecule has 0 fully saturated rings. The maximum atomic E-state index is 3.55. The van der Waals surface area contributed by atoms with E-state index in [2.05, 4.69) is 89.1 Å². The minimum Gasteiger partial charge on any atom is -0.352 e. The molecule has 1 aliphatic carbocycles. The molecule has 3 rings (SSSR count). The summed E-state index contributed by atoms with van der Waals surface area (Å²) in [6.45, 7) is 0. The van der Waals surface area contributed by atoms with Crippen molar-refractivity contribution in [2.45, 2.75) is 6.42 Å². The molecule has 0 saturated heterocycles. The molecule has 0 aromatic heterocycles. The van der Waals surface area contributed by atoms with Gasteiger partial charge in [-0.1, -0.05) is 59.9 Å². The van der Waals surface area contributed by atoms with Crippen molar-refractivity contribution >= 4 is 53.5 Å². The van der Waals surface area contributed by atoms with E-state index in [4.69, 9.17) is 0 Å². The van der Waals surface area contributed by atoms with Gasteiger partial charge in [-0.3, -0.25) is 0 Å². The summed E-state index contributed by atoms with van der Waals surface area (Å²) in [7, 11) is 0. The molecule has 0 aliphatic heterocycles. The SMILES string of the molecule is BrCN(CBr)c1ccc2c(c1)Cc1cc(Br)ccc1-2. The topological polar surface area (TPSA) is 3.24 Å². The molecule has 1 nitrogen and oxygen atoms in total. The predicted octanol–water partition coefficient (Wildman–Crippen LogP) is 5.53. The van der Waals surface area contributed by atoms with Gasteiger partial charge in [0.25, 0.3) is 0 Å². The second-order valence-electron chi connectivity index (χ2n) is 4.60. The smallest absolute Gasteiger partial charge is 0.0744 e. The monoisotopic (exact) mass is 443 g/mol. The van der Waals surface area contributed by atoms with E-state index >= 15 is 0 Å². The van der Waals surface area contributed by atoms with Crippen molar-refractivity contribution in [3.8, 4) is 11.1 Å². The van der Waals surface area contributed by atoms with E-state index in [0.29, 0.717) is 0 Å². The lowest BCUT2D eigenvalue weighted by Gasteiger charge is -2.19. The molecule has 0 unspecified atom stereocenters. The standard InChI is InChI=1S/C15H12Br3N/c16-8-19(9-17)13-2-4-15-11(7-13)5-10-6-12(18)1-3-14(10)15/h1-4,6-7H,5,8-9H2. The van der Waals surface area contributed by atoms with Gasteiger partial charge in [0.15, 0.2) is 0 Å². The molecule has 1 aliphatic rings. The second kappa shape index (κ2) is 5.58. The van der Waals surface area contributed by atoms with Crippen LogP contribution in [0.1, 0.15) is 11.1 Å². The summed E-state index contributed by atoms with van der Waals surface area (Å²) in [6, 6.07) is 13.3. The number of anilines is 1. The van der Waals surface area contributed by atoms with Crippen molar-refractivity contribution in [1.29, 1.82) is 0 Å². The molecule has 4 heteroatoms. The number of hydrogen-bond donors (Lipinski definition) is 0. The van der Waals surface area contributed by atoms with Gasteiger partial charge in [0.2, 0.25) is 0 Å². The number of hydrogen-bond acceptors (Lipinski definition) is 1. The fourth-order valence-corrected chi connectivity index (χ4v) is 4.35. The molecule has 19 heavy (non-hydrogen) atoms. The quantitative estimate of drug-likeness (QED) is 0.378. The van der Waals surface area contributed by atoms with Crippen LogP contribution in [0.2, 0.25) is 0 Å². The first-order chi connectivity index (χ1) is 9.22. The molecule has 0 amide bonds. The largest absolute Gasteiger partial charge is 0.352 e. The number of nitrogens with zero attached hydrogens (tertiary/aromatic N) is 1. The van der Waals surface area contributed by atoms with Gasteiger partial charge in [-0.15, -0.1) is 0 Å². The Kier molecular flexibility index (Phi) is 4.01. The van der Waals surface area contributed by atoms with Gasteiger partial charge in [-0.05, 0) is 52.9 Å². The summed E-state index contributed by atoms with van der Waals surface area (Å²) in [5, 5.41) is 0. The first-order valence-corrected chi connectivity index (χ1v) is 9.05. The van der Waals surface area contributed by atoms with Crippen LogP contribution in [0.3, 0.4) is 0 Å². The normalized spacial score (nSPS) is 12.2. The third-order valence-electron chi connectivity index (χ3n) is 3.48. The van der Waals surface area contributed by atoms with E-state index in [9.17, 15) is 0 Å². The summed E-state index contributed by atoms with van der Waals surface area (Å²) in [5.41, 5.74) is 8.47. The molecule has 0 saturated carbocycles. The summed E-state index contributed by atoms with van der Waals surface area (Å²) in [6.07, 6.45) is 1.02. The van der Waals surface area contributed by atoms with Crippen LogP contribution in [0.15, 0.2) is 40.9 Å². The molecule has 0 spiro atoms. The molecule has 98 valence electrons. The van der Waals surface area contributed by atoms with Gasteiger partial charge in [-0.2, -0.15) is 0 Å². The van der Waals surface area contributed by atoms with Crippen LogP contribution in [0, 0.1) is 0 Å². The van der Waals surface area contributed by atoms with Gasteiger partial charge < -0.3 is 4.90 Å². The second-order valence-corrected chi connectivity index (χ2v) is 6.52. The van der Waals surface area contributed by atoms with Gasteiger partial charge >= 0.3 is 0 Å². The highest BCUT2D eigenvalue weighted by Gasteiger charge is 2.19. The van der Waals surface area contributed by atoms with Gasteiger partial charge in [0, 0.05) is 10.2 Å². The van der Waals surface area contributed by atoms with Gasteiger partial charge in [-0.25, -0.2) is 0 Å². The zero-order valence-corrected chi connectivity index (χ0v) is 14.9. The van der Waals surface area contributed by atoms with E-state index in [1.54, 1.807) is 0 Å². The third-order valence-corrected chi connectivity index (χ3v) is 5.18. The average Bonchev–Trinajstić information content (AvgIpc) is 2.76. The van der Waals surface area contributed by atoms with E-state index in [0.717, 1.165) is 21.8 Å². The van der Waals surface area contributed by atoms with Crippen molar-refractivity contribution in [1.82, 2.24) is 0 Å². The minimum absolute atomic E-state index is 0.829. The van der Waals surface area contributed by atoms with Crippen LogP contribution >= 0.6 is 47.8 Å². The number of fused-ring (bicyclic) bond motifs is 3. The lowest BCUT2D eigenvalue weighted by Crippen LogP contribution is -2.18. The molecule has 0 bridgehead atoms. The lowest BCUT2D eigenvalue weighted by atomic mass is 10.1. The van der Waals surface area contributed by atoms with Crippen molar-refractivity contribution in [3.05, 3.63) is 52.0 Å². The summed E-state index contributed by atoms with van der Waals surface area (Å²) < 4.78 is 1.15. The van der Waals surface area contributed by atoms with E-state index in [-0.39, 0.29) is 0 Å². The van der Waals surface area contributed by atoms with Crippen LogP contribution in [-0.2, 0) is 6.42 Å². The molecule has 0 radical (unpaired) electrons. The number of halogens is 3. The van der Waals surface area contributed by atoms with E-state index < -0.39 is 0 Å². The predicted molar refractivity (Wildman–Crippen MR) is 92.5 cm³/mol. The van der Waals surface area contributed by atoms with E-state index in [1.807, 2.05) is 0 Å². The Morgan fingerprint density at radius 1 is 0.895 bits per heavy atom. The van der Waals surface area contributed by atoms with Crippen molar-refractivity contribution < 1.29 is 0 Å². The number of alkyl halides is 2. The zero-order valence-electron chi connectivity index (χ0n) is 10.2. The Balaban J connectivity index is 2.03. The fourth-order valence-electron chi connectivity index (χ4n) is 2.53. The van der Waals surface area contributed by atoms with Crippen LogP contribution < -0.4 is 4.90 Å². The van der Waals surface area contributed by atoms with Gasteiger partial charge in [0.1, 0.15) is 0 Å². The summed E-state index contributed by atoms with van der Waals surface area (Å²) in [5.74, 6) is 0. The lowest BCUT2D eigenvalue weighted by molar-refractivity contribution is 1.08. The molecular weight excluding hydrogens is 434 g/mol. The Bertz CT molecular complexity index is 621. The van der Waals surface area contributed by atoms with Crippen molar-refractivity contribution in [3.63, 3.8) is 0 Å². The molecular formula is C15H12Br3N. The molecule has 0 atom stereocenters. The first-order valence-electron chi connectivity index (χ1n) is 6.01. The Hall–Kier alpha value is -0.320. The van der Waals surface area contributed by atoms with Crippen LogP contribution in [0.4, 0.5) is 5.69 Å². The Labute approximate surface area is 138 Å². The minimum atomic E-state index is 0.829. The fraction of sp³-hybridized carbons (Fsp3) is 0.200. The van der Waals surface area contributed by atoms with Crippen LogP contribution in [0.25, 0.3) is 11.1 Å². The van der Waals surface area contributed by atoms with Crippen molar-refractivity contribution in [2.75, 3.05) is 15.8 Å². The highest BCUT2D eigenvalue weighted by molar-refractivity contribution is 9.10. The van der Waals surface area contributed by atoms with Crippen LogP contribution in [0.5, 0.6) is 0 Å². The highest BCUT2D eigenvalue weighted by atomic mass is 79.9. The average molecular weight is 446 g/mol. The maximum absolute atomic E-state index is 3.55. The third kappa shape index (κ3) is 2.50. The van der Waals surface area contributed by atoms with Crippen molar-refractivity contribution in [2.24, 2.45) is 0 Å². The summed E-state index contributed by atoms with van der Waals surface area (Å²) in [4.78, 5) is 2.24.